The molecular formula is C21H26N2O3. The summed E-state index contributed by atoms with van der Waals surface area (Å²) in [4.78, 5) is 14.9. The van der Waals surface area contributed by atoms with Crippen LogP contribution in [0.4, 0.5) is 0 Å². The van der Waals surface area contributed by atoms with Crippen molar-refractivity contribution in [3.05, 3.63) is 65.2 Å². The number of nitrogens with zero attached hydrogens (tertiary/aromatic N) is 1. The molecule has 0 unspecified atom stereocenters. The van der Waals surface area contributed by atoms with Crippen molar-refractivity contribution < 1.29 is 14.3 Å². The lowest BCUT2D eigenvalue weighted by atomic mass is 10.0. The minimum atomic E-state index is -0.0412. The Labute approximate surface area is 154 Å². The van der Waals surface area contributed by atoms with Crippen LogP contribution in [-0.4, -0.2) is 50.8 Å². The standard InChI is InChI=1S/C21H26N2O3/c1-16-4-3-5-18(14-16)21(24)22-15-20(23-10-12-26-13-11-23)17-6-8-19(25-2)9-7-17/h3-9,14,20H,10-13,15H2,1-2H3,(H,22,24)/t20-/m1/s1. The molecule has 5 heteroatoms. The lowest BCUT2D eigenvalue weighted by Crippen LogP contribution is -2.43. The molecule has 0 aromatic heterocycles. The van der Waals surface area contributed by atoms with Gasteiger partial charge in [-0.05, 0) is 36.8 Å². The fraction of sp³-hybridized carbons (Fsp3) is 0.381. The van der Waals surface area contributed by atoms with Gasteiger partial charge in [0.2, 0.25) is 0 Å². The van der Waals surface area contributed by atoms with Crippen LogP contribution in [0.5, 0.6) is 5.75 Å². The number of carbonyl (C=O) groups is 1. The molecule has 0 saturated carbocycles. The van der Waals surface area contributed by atoms with Gasteiger partial charge in [-0.2, -0.15) is 0 Å². The van der Waals surface area contributed by atoms with E-state index in [2.05, 4.69) is 22.3 Å². The molecule has 2 aromatic carbocycles. The number of ether oxygens (including phenoxy) is 2. The van der Waals surface area contributed by atoms with Gasteiger partial charge in [-0.15, -0.1) is 0 Å². The van der Waals surface area contributed by atoms with Crippen molar-refractivity contribution in [2.24, 2.45) is 0 Å². The van der Waals surface area contributed by atoms with E-state index >= 15 is 0 Å². The zero-order valence-electron chi connectivity index (χ0n) is 15.4. The van der Waals surface area contributed by atoms with E-state index in [4.69, 9.17) is 9.47 Å². The third kappa shape index (κ3) is 4.62. The molecule has 1 atom stereocenters. The summed E-state index contributed by atoms with van der Waals surface area (Å²) in [5.74, 6) is 0.791. The molecule has 1 heterocycles. The number of hydrogen-bond acceptors (Lipinski definition) is 4. The van der Waals surface area contributed by atoms with Gasteiger partial charge in [0.15, 0.2) is 0 Å². The summed E-state index contributed by atoms with van der Waals surface area (Å²) in [6.07, 6.45) is 0. The number of methoxy groups -OCH3 is 1. The zero-order chi connectivity index (χ0) is 18.4. The number of carbonyl (C=O) groups excluding carboxylic acids is 1. The Balaban J connectivity index is 1.73. The molecule has 3 rings (SSSR count). The molecule has 1 saturated heterocycles. The van der Waals surface area contributed by atoms with Crippen molar-refractivity contribution in [2.75, 3.05) is 40.0 Å². The molecular weight excluding hydrogens is 328 g/mol. The number of morpholine rings is 1. The Bertz CT molecular complexity index is 724. The van der Waals surface area contributed by atoms with Crippen LogP contribution in [0.2, 0.25) is 0 Å². The van der Waals surface area contributed by atoms with Gasteiger partial charge in [-0.25, -0.2) is 0 Å². The van der Waals surface area contributed by atoms with E-state index in [-0.39, 0.29) is 11.9 Å². The van der Waals surface area contributed by atoms with Gasteiger partial charge in [-0.1, -0.05) is 29.8 Å². The molecule has 1 N–H and O–H groups in total. The van der Waals surface area contributed by atoms with Gasteiger partial charge in [0.1, 0.15) is 5.75 Å². The second-order valence-electron chi connectivity index (χ2n) is 6.52. The first kappa shape index (κ1) is 18.4. The van der Waals surface area contributed by atoms with Crippen molar-refractivity contribution in [1.29, 1.82) is 0 Å². The quantitative estimate of drug-likeness (QED) is 0.867. The first-order valence-corrected chi connectivity index (χ1v) is 8.98. The summed E-state index contributed by atoms with van der Waals surface area (Å²) >= 11 is 0. The molecule has 0 bridgehead atoms. The molecule has 138 valence electrons. The van der Waals surface area contributed by atoms with E-state index in [0.717, 1.165) is 43.2 Å². The first-order valence-electron chi connectivity index (χ1n) is 8.98. The van der Waals surface area contributed by atoms with Crippen LogP contribution in [0, 0.1) is 6.92 Å². The van der Waals surface area contributed by atoms with E-state index in [0.29, 0.717) is 12.1 Å². The number of rotatable bonds is 6. The molecule has 0 spiro atoms. The summed E-state index contributed by atoms with van der Waals surface area (Å²) in [6, 6.07) is 15.8. The van der Waals surface area contributed by atoms with Crippen molar-refractivity contribution in [3.8, 4) is 5.75 Å². The number of amides is 1. The normalized spacial score (nSPS) is 16.1. The average Bonchev–Trinajstić information content (AvgIpc) is 2.69. The fourth-order valence-corrected chi connectivity index (χ4v) is 3.25. The predicted octanol–water partition coefficient (Wildman–Crippen LogP) is 2.81. The summed E-state index contributed by atoms with van der Waals surface area (Å²) in [6.45, 7) is 5.70. The molecule has 1 fully saturated rings. The zero-order valence-corrected chi connectivity index (χ0v) is 15.4. The monoisotopic (exact) mass is 354 g/mol. The van der Waals surface area contributed by atoms with Crippen molar-refractivity contribution in [1.82, 2.24) is 10.2 Å². The van der Waals surface area contributed by atoms with Crippen molar-refractivity contribution in [2.45, 2.75) is 13.0 Å². The molecule has 2 aromatic rings. The van der Waals surface area contributed by atoms with E-state index in [9.17, 15) is 4.79 Å². The highest BCUT2D eigenvalue weighted by Gasteiger charge is 2.23. The summed E-state index contributed by atoms with van der Waals surface area (Å²) < 4.78 is 10.7. The van der Waals surface area contributed by atoms with Crippen LogP contribution in [0.15, 0.2) is 48.5 Å². The highest BCUT2D eigenvalue weighted by molar-refractivity contribution is 5.94. The second kappa shape index (κ2) is 8.83. The van der Waals surface area contributed by atoms with Gasteiger partial charge < -0.3 is 14.8 Å². The SMILES string of the molecule is COc1ccc([C@@H](CNC(=O)c2cccc(C)c2)N2CCOCC2)cc1. The Kier molecular flexibility index (Phi) is 6.26. The summed E-state index contributed by atoms with van der Waals surface area (Å²) in [5.41, 5.74) is 2.94. The Morgan fingerprint density at radius 2 is 1.92 bits per heavy atom. The van der Waals surface area contributed by atoms with Gasteiger partial charge in [-0.3, -0.25) is 9.69 Å². The first-order chi connectivity index (χ1) is 12.7. The van der Waals surface area contributed by atoms with E-state index in [1.165, 1.54) is 0 Å². The van der Waals surface area contributed by atoms with Crippen molar-refractivity contribution >= 4 is 5.91 Å². The predicted molar refractivity (Wildman–Crippen MR) is 102 cm³/mol. The van der Waals surface area contributed by atoms with Gasteiger partial charge in [0.05, 0.1) is 26.4 Å². The molecule has 1 aliphatic rings. The van der Waals surface area contributed by atoms with Crippen molar-refractivity contribution in [3.63, 3.8) is 0 Å². The Morgan fingerprint density at radius 1 is 1.19 bits per heavy atom. The Morgan fingerprint density at radius 3 is 2.58 bits per heavy atom. The highest BCUT2D eigenvalue weighted by Crippen LogP contribution is 2.23. The molecule has 1 aliphatic heterocycles. The van der Waals surface area contributed by atoms with Crippen LogP contribution >= 0.6 is 0 Å². The minimum Gasteiger partial charge on any atom is -0.497 e. The maximum atomic E-state index is 12.5. The molecule has 0 radical (unpaired) electrons. The maximum Gasteiger partial charge on any atom is 0.251 e. The smallest absolute Gasteiger partial charge is 0.251 e. The van der Waals surface area contributed by atoms with Crippen LogP contribution in [0.1, 0.15) is 27.5 Å². The van der Waals surface area contributed by atoms with Crippen LogP contribution in [-0.2, 0) is 4.74 Å². The third-order valence-electron chi connectivity index (χ3n) is 4.72. The molecule has 5 nitrogen and oxygen atoms in total. The molecule has 1 amide bonds. The highest BCUT2D eigenvalue weighted by atomic mass is 16.5. The van der Waals surface area contributed by atoms with E-state index in [1.807, 2.05) is 43.3 Å². The van der Waals surface area contributed by atoms with Gasteiger partial charge in [0, 0.05) is 25.2 Å². The number of hydrogen-bond donors (Lipinski definition) is 1. The topological polar surface area (TPSA) is 50.8 Å². The number of nitrogens with one attached hydrogen (secondary N) is 1. The van der Waals surface area contributed by atoms with E-state index in [1.54, 1.807) is 7.11 Å². The second-order valence-corrected chi connectivity index (χ2v) is 6.52. The number of benzene rings is 2. The van der Waals surface area contributed by atoms with E-state index < -0.39 is 0 Å². The number of aryl methyl sites for hydroxylation is 1. The summed E-state index contributed by atoms with van der Waals surface area (Å²) in [7, 11) is 1.66. The van der Waals surface area contributed by atoms with Crippen LogP contribution in [0.3, 0.4) is 0 Å². The Hall–Kier alpha value is -2.37. The van der Waals surface area contributed by atoms with Crippen LogP contribution in [0.25, 0.3) is 0 Å². The molecule has 0 aliphatic carbocycles. The largest absolute Gasteiger partial charge is 0.497 e. The summed E-state index contributed by atoms with van der Waals surface area (Å²) in [5, 5.41) is 3.10. The third-order valence-corrected chi connectivity index (χ3v) is 4.72. The lowest BCUT2D eigenvalue weighted by molar-refractivity contribution is 0.0162. The average molecular weight is 354 g/mol. The lowest BCUT2D eigenvalue weighted by Gasteiger charge is -2.35. The van der Waals surface area contributed by atoms with Gasteiger partial charge in [0.25, 0.3) is 5.91 Å². The maximum absolute atomic E-state index is 12.5. The van der Waals surface area contributed by atoms with Crippen LogP contribution < -0.4 is 10.1 Å². The minimum absolute atomic E-state index is 0.0412. The fourth-order valence-electron chi connectivity index (χ4n) is 3.25. The van der Waals surface area contributed by atoms with Gasteiger partial charge >= 0.3 is 0 Å². The molecule has 26 heavy (non-hydrogen) atoms.